The smallest absolute Gasteiger partial charge is 0.464 e. The Balaban J connectivity index is 0.00000134. The molecule has 2 heterocycles. The maximum atomic E-state index is 14.8. The van der Waals surface area contributed by atoms with Crippen LogP contribution < -0.4 is 0 Å². The second-order valence-electron chi connectivity index (χ2n) is 26.5. The Hall–Kier alpha value is -4.73. The molecule has 99 heavy (non-hydrogen) atoms. The third-order valence-electron chi connectivity index (χ3n) is 16.1. The lowest BCUT2D eigenvalue weighted by Gasteiger charge is -2.29. The predicted molar refractivity (Wildman–Crippen MR) is 390 cm³/mol. The zero-order valence-corrected chi connectivity index (χ0v) is 64.3. The third kappa shape index (κ3) is 29.9. The van der Waals surface area contributed by atoms with Gasteiger partial charge in [0.2, 0.25) is 0 Å². The number of rotatable bonds is 18. The summed E-state index contributed by atoms with van der Waals surface area (Å²) in [5.41, 5.74) is 3.85. The number of esters is 2. The molecule has 2 fully saturated rings. The highest BCUT2D eigenvalue weighted by atomic mass is 35.6. The van der Waals surface area contributed by atoms with Gasteiger partial charge in [0, 0.05) is 38.3 Å². The van der Waals surface area contributed by atoms with Gasteiger partial charge < -0.3 is 9.47 Å². The number of benzene rings is 4. The molecule has 0 bridgehead atoms. The number of amides is 4. The predicted octanol–water partition coefficient (Wildman–Crippen LogP) is 18.2. The van der Waals surface area contributed by atoms with Crippen LogP contribution in [0.1, 0.15) is 262 Å². The first-order valence-corrected chi connectivity index (χ1v) is 41.1. The van der Waals surface area contributed by atoms with E-state index in [9.17, 15) is 63.3 Å². The highest BCUT2D eigenvalue weighted by Crippen LogP contribution is 2.40. The Bertz CT molecular complexity index is 3480. The van der Waals surface area contributed by atoms with Crippen molar-refractivity contribution in [3.05, 3.63) is 93.0 Å². The van der Waals surface area contributed by atoms with Crippen molar-refractivity contribution >= 4 is 135 Å². The summed E-state index contributed by atoms with van der Waals surface area (Å²) in [6.45, 7) is 33.1. The SMILES string of the molecule is C.CC(C)c1cc2c3c(c(C(C)C)ccc3c1)C(=O)N(O)C2=O.CC(C)c1cc2c3c(c(C(C)C)ccc3c1)C(=O)N(OS(=O)(=O)C(F)(F)C(=O)OCCC1CCCCC1)C2=O.CCN(C(C)C)C(C)C.C[Si](C)(C)Cl.ClCCl.O=C(CF)OCCC1CCCCC1.O=S(=O)(F)F.[B][B]. The van der Waals surface area contributed by atoms with E-state index in [1.54, 1.807) is 32.0 Å². The molecule has 2 saturated carbocycles. The first kappa shape index (κ1) is 94.3. The number of nitrogens with zero attached hydrogens (tertiary/aromatic N) is 3. The first-order chi connectivity index (χ1) is 45.4. The second kappa shape index (κ2) is 44.0. The van der Waals surface area contributed by atoms with Crippen LogP contribution in [0.4, 0.5) is 20.9 Å². The van der Waals surface area contributed by atoms with Crippen molar-refractivity contribution in [2.45, 2.75) is 235 Å². The van der Waals surface area contributed by atoms with E-state index in [1.165, 1.54) is 38.2 Å². The molecule has 2 aliphatic carbocycles. The van der Waals surface area contributed by atoms with Crippen molar-refractivity contribution in [3.8, 4) is 0 Å². The molecule has 4 aliphatic rings. The quantitative estimate of drug-likeness (QED) is 0.0143. The second-order valence-corrected chi connectivity index (χ2v) is 37.2. The summed E-state index contributed by atoms with van der Waals surface area (Å²) < 4.78 is 117. The molecule has 0 aromatic heterocycles. The number of carbonyl (C=O) groups excluding carboxylic acids is 6. The maximum Gasteiger partial charge on any atom is 0.476 e. The first-order valence-electron chi connectivity index (χ1n) is 32.8. The van der Waals surface area contributed by atoms with Crippen LogP contribution in [-0.2, 0) is 44.1 Å². The minimum atomic E-state index is -6.13. The van der Waals surface area contributed by atoms with Crippen LogP contribution in [0.3, 0.4) is 0 Å². The molecule has 2 aliphatic heterocycles. The van der Waals surface area contributed by atoms with Gasteiger partial charge in [-0.2, -0.15) is 36.7 Å². The molecule has 17 nitrogen and oxygen atoms in total. The molecule has 0 saturated heterocycles. The van der Waals surface area contributed by atoms with Gasteiger partial charge in [0.15, 0.2) is 6.67 Å². The minimum absolute atomic E-state index is 0. The number of halogens is 8. The van der Waals surface area contributed by atoms with E-state index < -0.39 is 75.6 Å². The van der Waals surface area contributed by atoms with Crippen molar-refractivity contribution in [2.24, 2.45) is 11.8 Å². The van der Waals surface area contributed by atoms with Crippen molar-refractivity contribution < 1.29 is 85.5 Å². The van der Waals surface area contributed by atoms with Crippen molar-refractivity contribution in [1.82, 2.24) is 15.0 Å². The van der Waals surface area contributed by atoms with E-state index in [0.717, 1.165) is 67.1 Å². The Kier molecular flexibility index (Phi) is 41.9. The summed E-state index contributed by atoms with van der Waals surface area (Å²) in [6, 6.07) is 15.8. The van der Waals surface area contributed by atoms with Crippen molar-refractivity contribution in [3.63, 3.8) is 0 Å². The molecule has 0 atom stereocenters. The summed E-state index contributed by atoms with van der Waals surface area (Å²) in [7, 11) is -4.94. The normalized spacial score (nSPS) is 14.9. The van der Waals surface area contributed by atoms with Gasteiger partial charge in [0.05, 0.1) is 40.8 Å². The standard InChI is InChI=1S/C28H33F2NO7S.C18H19NO3.C10H17FO2.C8H19N.C3H9ClSi.CH2Cl2.CH4.B2.F2O2S/c1-16(2)20-14-19-10-11-21(17(3)4)24-23(19)22(15-20)25(32)31(26(24)33)38-39(35,36)28(29,30)27(34)37-13-12-18-8-6-5-7-9-18;1-9(2)12-7-11-5-6-13(10(3)4)16-15(11)14(8-12)17(20)19(22)18(16)21;11-8-10(12)13-7-6-9-4-2-1-3-5-9;1-6-9(7(2)3)8(4)5;1-5(2,3)4;2-1-3;;1-2;1-5(2,3)4/h10-11,14-18H,5-9,12-13H2,1-4H3;5-10,22H,1-4H3;9H,1-8H2;7-8H,6H2,1-5H3;1-3H3;1H2;1H4;;. The van der Waals surface area contributed by atoms with Crippen LogP contribution in [-0.4, -0.2) is 145 Å². The number of alkyl halides is 5. The summed E-state index contributed by atoms with van der Waals surface area (Å²) in [6.07, 6.45) is 12.5. The lowest BCUT2D eigenvalue weighted by atomic mass is 9.81. The monoisotopic (exact) mass is 1510 g/mol. The molecular weight excluding hydrogens is 1410 g/mol. The molecule has 30 heteroatoms. The van der Waals surface area contributed by atoms with Gasteiger partial charge in [-0.25, -0.2) is 14.0 Å². The zero-order chi connectivity index (χ0) is 75.5. The lowest BCUT2D eigenvalue weighted by Crippen LogP contribution is -2.48. The summed E-state index contributed by atoms with van der Waals surface area (Å²) in [4.78, 5) is 76.6. The Morgan fingerprint density at radius 3 is 1.31 bits per heavy atom. The van der Waals surface area contributed by atoms with E-state index in [4.69, 9.17) is 42.7 Å². The summed E-state index contributed by atoms with van der Waals surface area (Å²) in [5.74, 6) is -5.71. The highest BCUT2D eigenvalue weighted by molar-refractivity contribution is 7.88. The fourth-order valence-electron chi connectivity index (χ4n) is 11.4. The molecule has 0 unspecified atom stereocenters. The summed E-state index contributed by atoms with van der Waals surface area (Å²) >= 11 is 15.2. The van der Waals surface area contributed by atoms with E-state index in [1.807, 2.05) is 65.8 Å². The fraction of sp³-hybridized carbons (Fsp3) is 0.623. The average Bonchev–Trinajstić information content (AvgIpc) is 0.730. The van der Waals surface area contributed by atoms with E-state index in [2.05, 4.69) is 88.4 Å². The number of hydrogen-bond donors (Lipinski definition) is 1. The Labute approximate surface area is 603 Å². The minimum Gasteiger partial charge on any atom is -0.464 e. The van der Waals surface area contributed by atoms with Crippen LogP contribution in [0, 0.1) is 11.8 Å². The average molecular weight is 1510 g/mol. The van der Waals surface area contributed by atoms with Gasteiger partial charge in [0.1, 0.15) is 7.38 Å². The topological polar surface area (TPSA) is 228 Å². The number of hydrogen-bond acceptors (Lipinski definition) is 15. The largest absolute Gasteiger partial charge is 0.476 e. The van der Waals surface area contributed by atoms with Crippen molar-refractivity contribution in [2.75, 3.05) is 31.8 Å². The molecule has 4 radical (unpaired) electrons. The molecule has 8 rings (SSSR count). The molecular formula is C69H103B2Cl3F5N3O14S2Si. The molecule has 556 valence electrons. The van der Waals surface area contributed by atoms with E-state index in [0.29, 0.717) is 63.9 Å². The number of ether oxygens (including phenoxy) is 2. The molecule has 1 N–H and O–H groups in total. The van der Waals surface area contributed by atoms with E-state index in [-0.39, 0.29) is 70.2 Å². The van der Waals surface area contributed by atoms with Gasteiger partial charge >= 0.3 is 37.9 Å². The highest BCUT2D eigenvalue weighted by Gasteiger charge is 2.58. The zero-order valence-electron chi connectivity index (χ0n) is 59.3. The van der Waals surface area contributed by atoms with Gasteiger partial charge in [-0.3, -0.25) is 29.3 Å². The van der Waals surface area contributed by atoms with Gasteiger partial charge in [-0.1, -0.05) is 198 Å². The number of hydroxylamine groups is 4. The lowest BCUT2D eigenvalue weighted by molar-refractivity contribution is -0.163. The van der Waals surface area contributed by atoms with Gasteiger partial charge in [-0.15, -0.1) is 37.6 Å². The van der Waals surface area contributed by atoms with Crippen LogP contribution in [0.2, 0.25) is 19.6 Å². The molecule has 4 aromatic rings. The Morgan fingerprint density at radius 2 is 0.990 bits per heavy atom. The molecule has 4 aromatic carbocycles. The molecule has 4 amide bonds. The Morgan fingerprint density at radius 1 is 0.636 bits per heavy atom. The van der Waals surface area contributed by atoms with Gasteiger partial charge in [-0.05, 0) is 128 Å². The fourth-order valence-corrected chi connectivity index (χ4v) is 12.1. The summed E-state index contributed by atoms with van der Waals surface area (Å²) in [5, 5.41) is 7.42. The maximum absolute atomic E-state index is 14.8. The van der Waals surface area contributed by atoms with Crippen LogP contribution in [0.15, 0.2) is 48.5 Å². The number of imide groups is 2. The van der Waals surface area contributed by atoms with Crippen LogP contribution >= 0.6 is 34.3 Å². The third-order valence-corrected chi connectivity index (χ3v) is 17.2. The molecule has 0 spiro atoms. The van der Waals surface area contributed by atoms with Crippen LogP contribution in [0.25, 0.3) is 21.5 Å². The van der Waals surface area contributed by atoms with Gasteiger partial charge in [0.25, 0.3) is 23.6 Å². The van der Waals surface area contributed by atoms with E-state index >= 15 is 0 Å². The number of carbonyl (C=O) groups is 6. The van der Waals surface area contributed by atoms with Crippen molar-refractivity contribution in [1.29, 1.82) is 0 Å². The van der Waals surface area contributed by atoms with Crippen LogP contribution in [0.5, 0.6) is 0 Å².